The van der Waals surface area contributed by atoms with Crippen LogP contribution in [0.1, 0.15) is 5.89 Å². The topological polar surface area (TPSA) is 78.4 Å². The molecular weight excluding hydrogens is 338 g/mol. The Balaban J connectivity index is 2.05. The van der Waals surface area contributed by atoms with Gasteiger partial charge in [0.2, 0.25) is 0 Å². The molecule has 8 heteroatoms. The molecule has 0 spiro atoms. The Bertz CT molecular complexity index is 910. The maximum atomic E-state index is 14.1. The summed E-state index contributed by atoms with van der Waals surface area (Å²) >= 11 is -2.12. The molecule has 0 fully saturated rings. The van der Waals surface area contributed by atoms with Gasteiger partial charge in [0.05, 0.1) is 0 Å². The number of aromatic nitrogens is 1. The number of nitrogens with zero attached hydrogens (tertiary/aromatic N) is 1. The fraction of sp³-hybridized carbons (Fsp3) is 0.0625. The molecule has 124 valence electrons. The summed E-state index contributed by atoms with van der Waals surface area (Å²) < 4.78 is 48.2. The summed E-state index contributed by atoms with van der Waals surface area (Å²) in [5.41, 5.74) is 1.50. The van der Waals surface area contributed by atoms with Crippen molar-refractivity contribution in [2.75, 3.05) is 0 Å². The minimum absolute atomic E-state index is 0.237. The molecule has 3 rings (SSSR count). The minimum atomic E-state index is -2.12. The molecule has 0 amide bonds. The largest absolute Gasteiger partial charge is 0.440 e. The van der Waals surface area contributed by atoms with Crippen molar-refractivity contribution in [1.82, 2.24) is 4.98 Å². The van der Waals surface area contributed by atoms with Gasteiger partial charge in [0, 0.05) is 18.1 Å². The van der Waals surface area contributed by atoms with E-state index in [9.17, 15) is 13.0 Å². The Morgan fingerprint density at radius 3 is 2.42 bits per heavy atom. The van der Waals surface area contributed by atoms with Gasteiger partial charge in [-0.15, -0.1) is 0 Å². The molecule has 0 saturated carbocycles. The summed E-state index contributed by atoms with van der Waals surface area (Å²) in [4.78, 5) is 4.28. The van der Waals surface area contributed by atoms with Crippen LogP contribution < -0.4 is 9.32 Å². The molecule has 1 unspecified atom stereocenters. The first kappa shape index (κ1) is 16.3. The summed E-state index contributed by atoms with van der Waals surface area (Å²) in [6.07, 6.45) is 0. The predicted octanol–water partition coefficient (Wildman–Crippen LogP) is 3.51. The van der Waals surface area contributed by atoms with E-state index in [4.69, 9.17) is 9.56 Å². The van der Waals surface area contributed by atoms with E-state index in [0.29, 0.717) is 28.5 Å². The van der Waals surface area contributed by atoms with Crippen LogP contribution in [-0.4, -0.2) is 9.19 Å². The highest BCUT2D eigenvalue weighted by Gasteiger charge is 2.17. The highest BCUT2D eigenvalue weighted by atomic mass is 32.2. The molecule has 2 N–H and O–H groups in total. The molecule has 0 aliphatic heterocycles. The minimum Gasteiger partial charge on any atom is -0.440 e. The van der Waals surface area contributed by atoms with Gasteiger partial charge >= 0.3 is 0 Å². The van der Waals surface area contributed by atoms with Crippen LogP contribution in [0.2, 0.25) is 0 Å². The van der Waals surface area contributed by atoms with Crippen molar-refractivity contribution < 1.29 is 21.6 Å². The molecule has 1 heterocycles. The van der Waals surface area contributed by atoms with Gasteiger partial charge in [-0.05, 0) is 42.5 Å². The molecule has 0 bridgehead atoms. The third-order valence-corrected chi connectivity index (χ3v) is 3.56. The fourth-order valence-corrected chi connectivity index (χ4v) is 2.54. The summed E-state index contributed by atoms with van der Waals surface area (Å²) in [6.45, 7) is 1.65. The zero-order chi connectivity index (χ0) is 17.3. The van der Waals surface area contributed by atoms with Crippen LogP contribution in [0, 0.1) is 18.6 Å². The van der Waals surface area contributed by atoms with Gasteiger partial charge in [-0.2, -0.15) is 4.21 Å². The lowest BCUT2D eigenvalue weighted by molar-refractivity contribution is 0.510. The van der Waals surface area contributed by atoms with Gasteiger partial charge < -0.3 is 8.60 Å². The Hall–Kier alpha value is -2.58. The smallest absolute Gasteiger partial charge is 0.285 e. The van der Waals surface area contributed by atoms with Crippen LogP contribution in [-0.2, 0) is 11.3 Å². The van der Waals surface area contributed by atoms with Gasteiger partial charge in [-0.25, -0.2) is 18.9 Å². The van der Waals surface area contributed by atoms with E-state index in [1.165, 1.54) is 24.3 Å². The average molecular weight is 350 g/mol. The summed E-state index contributed by atoms with van der Waals surface area (Å²) in [7, 11) is 0. The standard InChI is InChI=1S/C16H12F2N2O3S/c1-9-20-15(10-2-5-12(17)6-3-10)16(22-9)11-4-7-14(13(18)8-11)23-24(19)21/h2-8H,19H2,1H3. The Morgan fingerprint density at radius 1 is 1.12 bits per heavy atom. The lowest BCUT2D eigenvalue weighted by atomic mass is 10.1. The van der Waals surface area contributed by atoms with E-state index in [1.807, 2.05) is 0 Å². The fourth-order valence-electron chi connectivity index (χ4n) is 2.22. The maximum absolute atomic E-state index is 14.1. The van der Waals surface area contributed by atoms with Crippen molar-refractivity contribution in [3.05, 3.63) is 60.0 Å². The number of aryl methyl sites for hydroxylation is 1. The molecular formula is C16H12F2N2O3S. The SMILES string of the molecule is Cc1nc(-c2ccc(F)cc2)c(-c2ccc(OS(N)=O)c(F)c2)o1. The van der Waals surface area contributed by atoms with Crippen molar-refractivity contribution in [3.8, 4) is 28.3 Å². The number of nitrogens with two attached hydrogens (primary N) is 1. The van der Waals surface area contributed by atoms with Crippen molar-refractivity contribution >= 4 is 11.3 Å². The Morgan fingerprint density at radius 2 is 1.79 bits per heavy atom. The van der Waals surface area contributed by atoms with Crippen LogP contribution in [0.15, 0.2) is 46.9 Å². The van der Waals surface area contributed by atoms with Gasteiger partial charge in [0.1, 0.15) is 11.5 Å². The Kier molecular flexibility index (Phi) is 4.41. The number of halogens is 2. The van der Waals surface area contributed by atoms with E-state index in [-0.39, 0.29) is 11.6 Å². The first-order chi connectivity index (χ1) is 11.4. The van der Waals surface area contributed by atoms with Crippen molar-refractivity contribution in [2.24, 2.45) is 5.14 Å². The molecule has 1 atom stereocenters. The van der Waals surface area contributed by atoms with Crippen molar-refractivity contribution in [1.29, 1.82) is 0 Å². The first-order valence-electron chi connectivity index (χ1n) is 6.82. The second kappa shape index (κ2) is 6.50. The first-order valence-corrected chi connectivity index (χ1v) is 7.95. The molecule has 3 aromatic rings. The van der Waals surface area contributed by atoms with Crippen LogP contribution >= 0.6 is 0 Å². The number of hydrogen-bond acceptors (Lipinski definition) is 4. The van der Waals surface area contributed by atoms with Crippen LogP contribution in [0.5, 0.6) is 5.75 Å². The number of hydrogen-bond donors (Lipinski definition) is 1. The quantitative estimate of drug-likeness (QED) is 0.781. The average Bonchev–Trinajstić information content (AvgIpc) is 2.91. The zero-order valence-corrected chi connectivity index (χ0v) is 13.3. The molecule has 2 aromatic carbocycles. The number of benzene rings is 2. The third-order valence-electron chi connectivity index (χ3n) is 3.22. The molecule has 5 nitrogen and oxygen atoms in total. The molecule has 1 aromatic heterocycles. The van der Waals surface area contributed by atoms with Crippen molar-refractivity contribution in [2.45, 2.75) is 6.92 Å². The van der Waals surface area contributed by atoms with E-state index >= 15 is 0 Å². The third kappa shape index (κ3) is 3.34. The molecule has 0 saturated heterocycles. The monoisotopic (exact) mass is 350 g/mol. The molecule has 0 aliphatic rings. The van der Waals surface area contributed by atoms with E-state index in [1.54, 1.807) is 19.1 Å². The number of oxazole rings is 1. The molecule has 0 aliphatic carbocycles. The van der Waals surface area contributed by atoms with Crippen molar-refractivity contribution in [3.63, 3.8) is 0 Å². The lowest BCUT2D eigenvalue weighted by Crippen LogP contribution is -2.10. The summed E-state index contributed by atoms with van der Waals surface area (Å²) in [6, 6.07) is 9.70. The number of rotatable bonds is 4. The van der Waals surface area contributed by atoms with Gasteiger partial charge in [0.25, 0.3) is 11.3 Å². The highest BCUT2D eigenvalue weighted by molar-refractivity contribution is 7.78. The zero-order valence-electron chi connectivity index (χ0n) is 12.5. The highest BCUT2D eigenvalue weighted by Crippen LogP contribution is 2.34. The van der Waals surface area contributed by atoms with Gasteiger partial charge in [-0.3, -0.25) is 0 Å². The summed E-state index contributed by atoms with van der Waals surface area (Å²) in [5, 5.41) is 4.98. The van der Waals surface area contributed by atoms with Crippen LogP contribution in [0.25, 0.3) is 22.6 Å². The van der Waals surface area contributed by atoms with E-state index in [2.05, 4.69) is 9.17 Å². The molecule has 24 heavy (non-hydrogen) atoms. The normalized spacial score (nSPS) is 12.2. The molecule has 0 radical (unpaired) electrons. The van der Waals surface area contributed by atoms with Crippen LogP contribution in [0.3, 0.4) is 0 Å². The van der Waals surface area contributed by atoms with Gasteiger partial charge in [0.15, 0.2) is 23.2 Å². The van der Waals surface area contributed by atoms with E-state index in [0.717, 1.165) is 6.07 Å². The maximum Gasteiger partial charge on any atom is 0.285 e. The van der Waals surface area contributed by atoms with Gasteiger partial charge in [-0.1, -0.05) is 0 Å². The van der Waals surface area contributed by atoms with Crippen LogP contribution in [0.4, 0.5) is 8.78 Å². The predicted molar refractivity (Wildman–Crippen MR) is 85.0 cm³/mol. The second-order valence-corrected chi connectivity index (χ2v) is 5.59. The Labute approximate surface area is 138 Å². The van der Waals surface area contributed by atoms with E-state index < -0.39 is 17.1 Å². The summed E-state index contributed by atoms with van der Waals surface area (Å²) in [5.74, 6) is -0.640. The lowest BCUT2D eigenvalue weighted by Gasteiger charge is -2.05. The second-order valence-electron chi connectivity index (χ2n) is 4.91.